The van der Waals surface area contributed by atoms with Crippen LogP contribution < -0.4 is 0 Å². The molecule has 1 N–H and O–H groups in total. The fourth-order valence-electron chi connectivity index (χ4n) is 2.34. The van der Waals surface area contributed by atoms with E-state index >= 15 is 0 Å². The van der Waals surface area contributed by atoms with Crippen LogP contribution in [0.4, 0.5) is 0 Å². The van der Waals surface area contributed by atoms with E-state index < -0.39 is 12.1 Å². The van der Waals surface area contributed by atoms with Crippen LogP contribution in [-0.2, 0) is 16.6 Å². The molecule has 2 heterocycles. The molecule has 21 heavy (non-hydrogen) atoms. The average molecular weight is 290 g/mol. The number of aromatic nitrogens is 3. The number of morpholine rings is 1. The number of carbonyl (C=O) groups is 2. The number of amides is 1. The van der Waals surface area contributed by atoms with E-state index in [1.807, 2.05) is 0 Å². The molecule has 1 aromatic heterocycles. The molecule has 2 aromatic rings. The van der Waals surface area contributed by atoms with Gasteiger partial charge in [0.2, 0.25) is 0 Å². The number of carboxylic acids is 1. The van der Waals surface area contributed by atoms with Crippen molar-refractivity contribution in [2.75, 3.05) is 19.7 Å². The molecular weight excluding hydrogens is 276 g/mol. The Labute approximate surface area is 119 Å². The Morgan fingerprint density at radius 3 is 3.00 bits per heavy atom. The van der Waals surface area contributed by atoms with Crippen LogP contribution in [0.5, 0.6) is 0 Å². The summed E-state index contributed by atoms with van der Waals surface area (Å²) in [7, 11) is 1.77. The molecule has 0 bridgehead atoms. The number of carbonyl (C=O) groups excluding carboxylic acids is 1. The summed E-state index contributed by atoms with van der Waals surface area (Å²) >= 11 is 0. The summed E-state index contributed by atoms with van der Waals surface area (Å²) in [5.41, 5.74) is 1.93. The number of hydrogen-bond donors (Lipinski definition) is 1. The van der Waals surface area contributed by atoms with Gasteiger partial charge in [-0.1, -0.05) is 5.21 Å². The van der Waals surface area contributed by atoms with E-state index in [-0.39, 0.29) is 19.1 Å². The predicted octanol–water partition coefficient (Wildman–Crippen LogP) is -0.106. The fraction of sp³-hybridized carbons (Fsp3) is 0.385. The first kappa shape index (κ1) is 13.5. The van der Waals surface area contributed by atoms with Crippen molar-refractivity contribution in [3.8, 4) is 0 Å². The summed E-state index contributed by atoms with van der Waals surface area (Å²) in [6.07, 6.45) is -0.969. The molecule has 110 valence electrons. The van der Waals surface area contributed by atoms with Crippen molar-refractivity contribution in [3.05, 3.63) is 23.8 Å². The number of fused-ring (bicyclic) bond motifs is 1. The minimum absolute atomic E-state index is 0.0483. The standard InChI is InChI=1S/C13H14N4O4/c1-16-10-3-2-8(6-9(10)14-15-16)12(18)17-4-5-21-11(7-17)13(19)20/h2-3,6,11H,4-5,7H2,1H3,(H,19,20). The lowest BCUT2D eigenvalue weighted by molar-refractivity contribution is -0.154. The van der Waals surface area contributed by atoms with E-state index in [4.69, 9.17) is 9.84 Å². The highest BCUT2D eigenvalue weighted by atomic mass is 16.5. The molecule has 1 fully saturated rings. The van der Waals surface area contributed by atoms with E-state index in [9.17, 15) is 9.59 Å². The van der Waals surface area contributed by atoms with Gasteiger partial charge in [-0.2, -0.15) is 0 Å². The van der Waals surface area contributed by atoms with Crippen molar-refractivity contribution < 1.29 is 19.4 Å². The van der Waals surface area contributed by atoms with Gasteiger partial charge in [-0.25, -0.2) is 9.48 Å². The minimum atomic E-state index is -1.06. The van der Waals surface area contributed by atoms with Crippen LogP contribution in [-0.4, -0.2) is 62.7 Å². The third kappa shape index (κ3) is 2.45. The molecule has 0 radical (unpaired) electrons. The van der Waals surface area contributed by atoms with Crippen LogP contribution >= 0.6 is 0 Å². The predicted molar refractivity (Wildman–Crippen MR) is 71.8 cm³/mol. The number of benzene rings is 1. The van der Waals surface area contributed by atoms with Crippen molar-refractivity contribution >= 4 is 22.9 Å². The molecule has 1 aliphatic heterocycles. The highest BCUT2D eigenvalue weighted by Crippen LogP contribution is 2.16. The molecule has 0 spiro atoms. The average Bonchev–Trinajstić information content (AvgIpc) is 2.87. The van der Waals surface area contributed by atoms with E-state index in [2.05, 4.69) is 10.3 Å². The molecule has 8 heteroatoms. The van der Waals surface area contributed by atoms with Crippen LogP contribution in [0.1, 0.15) is 10.4 Å². The number of ether oxygens (including phenoxy) is 1. The first-order valence-corrected chi connectivity index (χ1v) is 6.49. The van der Waals surface area contributed by atoms with Gasteiger partial charge < -0.3 is 14.7 Å². The van der Waals surface area contributed by atoms with Crippen LogP contribution in [0, 0.1) is 0 Å². The number of nitrogens with zero attached hydrogens (tertiary/aromatic N) is 4. The molecular formula is C13H14N4O4. The quantitative estimate of drug-likeness (QED) is 0.829. The zero-order valence-corrected chi connectivity index (χ0v) is 11.4. The number of aryl methyl sites for hydroxylation is 1. The fourth-order valence-corrected chi connectivity index (χ4v) is 2.34. The number of hydrogen-bond acceptors (Lipinski definition) is 5. The van der Waals surface area contributed by atoms with Gasteiger partial charge in [0, 0.05) is 19.2 Å². The topological polar surface area (TPSA) is 97.5 Å². The largest absolute Gasteiger partial charge is 0.479 e. The molecule has 0 aliphatic carbocycles. The number of aliphatic carboxylic acids is 1. The molecule has 1 saturated heterocycles. The molecule has 1 aliphatic rings. The van der Waals surface area contributed by atoms with E-state index in [0.717, 1.165) is 5.52 Å². The summed E-state index contributed by atoms with van der Waals surface area (Å²) in [5, 5.41) is 16.8. The van der Waals surface area contributed by atoms with Gasteiger partial charge >= 0.3 is 5.97 Å². The maximum atomic E-state index is 12.4. The van der Waals surface area contributed by atoms with Gasteiger partial charge in [-0.3, -0.25) is 4.79 Å². The van der Waals surface area contributed by atoms with Crippen LogP contribution in [0.25, 0.3) is 11.0 Å². The third-order valence-electron chi connectivity index (χ3n) is 3.49. The summed E-state index contributed by atoms with van der Waals surface area (Å²) in [5.74, 6) is -1.28. The zero-order chi connectivity index (χ0) is 15.0. The Bertz CT molecular complexity index is 711. The maximum Gasteiger partial charge on any atom is 0.334 e. The second-order valence-corrected chi connectivity index (χ2v) is 4.87. The summed E-state index contributed by atoms with van der Waals surface area (Å²) in [6.45, 7) is 0.643. The Morgan fingerprint density at radius 1 is 1.43 bits per heavy atom. The van der Waals surface area contributed by atoms with Crippen molar-refractivity contribution in [1.29, 1.82) is 0 Å². The van der Waals surface area contributed by atoms with Crippen LogP contribution in [0.3, 0.4) is 0 Å². The first-order chi connectivity index (χ1) is 10.1. The number of carboxylic acid groups (broad SMARTS) is 1. The first-order valence-electron chi connectivity index (χ1n) is 6.49. The second kappa shape index (κ2) is 5.13. The normalized spacial score (nSPS) is 18.9. The van der Waals surface area contributed by atoms with E-state index in [1.165, 1.54) is 4.90 Å². The zero-order valence-electron chi connectivity index (χ0n) is 11.4. The van der Waals surface area contributed by atoms with Crippen LogP contribution in [0.15, 0.2) is 18.2 Å². The lowest BCUT2D eigenvalue weighted by Gasteiger charge is -2.30. The van der Waals surface area contributed by atoms with Gasteiger partial charge in [0.1, 0.15) is 5.52 Å². The number of rotatable bonds is 2. The SMILES string of the molecule is Cn1nnc2cc(C(=O)N3CCOC(C(=O)O)C3)ccc21. The van der Waals surface area contributed by atoms with Crippen molar-refractivity contribution in [1.82, 2.24) is 19.9 Å². The highest BCUT2D eigenvalue weighted by molar-refractivity contribution is 5.97. The van der Waals surface area contributed by atoms with Gasteiger partial charge in [-0.15, -0.1) is 5.10 Å². The van der Waals surface area contributed by atoms with Gasteiger partial charge in [0.05, 0.1) is 18.7 Å². The molecule has 1 aromatic carbocycles. The smallest absolute Gasteiger partial charge is 0.334 e. The lowest BCUT2D eigenvalue weighted by Crippen LogP contribution is -2.48. The highest BCUT2D eigenvalue weighted by Gasteiger charge is 2.29. The molecule has 0 saturated carbocycles. The van der Waals surface area contributed by atoms with Gasteiger partial charge in [0.15, 0.2) is 6.10 Å². The van der Waals surface area contributed by atoms with Crippen molar-refractivity contribution in [2.24, 2.45) is 7.05 Å². The summed E-state index contributed by atoms with van der Waals surface area (Å²) in [4.78, 5) is 24.9. The van der Waals surface area contributed by atoms with Crippen LogP contribution in [0.2, 0.25) is 0 Å². The van der Waals surface area contributed by atoms with E-state index in [1.54, 1.807) is 29.9 Å². The molecule has 3 rings (SSSR count). The van der Waals surface area contributed by atoms with Crippen molar-refractivity contribution in [3.63, 3.8) is 0 Å². The summed E-state index contributed by atoms with van der Waals surface area (Å²) in [6, 6.07) is 5.13. The minimum Gasteiger partial charge on any atom is -0.479 e. The molecule has 1 amide bonds. The Morgan fingerprint density at radius 2 is 2.24 bits per heavy atom. The second-order valence-electron chi connectivity index (χ2n) is 4.87. The van der Waals surface area contributed by atoms with E-state index in [0.29, 0.717) is 17.6 Å². The molecule has 8 nitrogen and oxygen atoms in total. The third-order valence-corrected chi connectivity index (χ3v) is 3.49. The summed E-state index contributed by atoms with van der Waals surface area (Å²) < 4.78 is 6.73. The van der Waals surface area contributed by atoms with Gasteiger partial charge in [0.25, 0.3) is 5.91 Å². The molecule has 1 unspecified atom stereocenters. The molecule has 1 atom stereocenters. The van der Waals surface area contributed by atoms with Gasteiger partial charge in [-0.05, 0) is 18.2 Å². The Hall–Kier alpha value is -2.48. The Balaban J connectivity index is 1.84. The lowest BCUT2D eigenvalue weighted by atomic mass is 10.1. The maximum absolute atomic E-state index is 12.4. The monoisotopic (exact) mass is 290 g/mol. The van der Waals surface area contributed by atoms with Crippen molar-refractivity contribution in [2.45, 2.75) is 6.10 Å². The Kier molecular flexibility index (Phi) is 3.30.